The molecular formula is C24H28N6O2S. The first-order valence-corrected chi connectivity index (χ1v) is 12.2. The molecule has 2 N–H and O–H groups in total. The van der Waals surface area contributed by atoms with E-state index in [9.17, 15) is 4.79 Å². The van der Waals surface area contributed by atoms with Crippen LogP contribution in [-0.4, -0.2) is 46.6 Å². The molecule has 1 aromatic carbocycles. The third kappa shape index (κ3) is 4.01. The van der Waals surface area contributed by atoms with Crippen molar-refractivity contribution in [1.29, 1.82) is 0 Å². The standard InChI is InChI=1S/C24H28N6O2S/c1-5-32-19-10-17-14(11-25-17)8-18(19)29-22-21-16-7-6-15(28-24(31)30(4)13(2)3)9-20(16)33-23(21)27-12-26-22/h8,10-13,15H,5-7,9H2,1-4H3,(H,28,31)(H,26,27,29). The number of urea groups is 1. The summed E-state index contributed by atoms with van der Waals surface area (Å²) in [6.07, 6.45) is 6.04. The molecular weight excluding hydrogens is 436 g/mol. The van der Waals surface area contributed by atoms with Gasteiger partial charge in [-0.05, 0) is 45.2 Å². The molecule has 1 atom stereocenters. The number of benzene rings is 1. The monoisotopic (exact) mass is 464 g/mol. The second kappa shape index (κ2) is 8.62. The van der Waals surface area contributed by atoms with Gasteiger partial charge in [0.1, 0.15) is 22.7 Å². The molecule has 2 aliphatic rings. The number of hydrogen-bond acceptors (Lipinski definition) is 7. The van der Waals surface area contributed by atoms with E-state index < -0.39 is 0 Å². The highest BCUT2D eigenvalue weighted by atomic mass is 32.1. The van der Waals surface area contributed by atoms with Crippen molar-refractivity contribution in [3.05, 3.63) is 39.5 Å². The Morgan fingerprint density at radius 3 is 2.91 bits per heavy atom. The minimum atomic E-state index is -0.0191. The molecule has 0 spiro atoms. The van der Waals surface area contributed by atoms with Gasteiger partial charge in [0.25, 0.3) is 0 Å². The van der Waals surface area contributed by atoms with Gasteiger partial charge < -0.3 is 20.3 Å². The van der Waals surface area contributed by atoms with Crippen LogP contribution < -0.4 is 25.9 Å². The molecule has 1 unspecified atom stereocenters. The van der Waals surface area contributed by atoms with Crippen molar-refractivity contribution in [2.75, 3.05) is 19.0 Å². The van der Waals surface area contributed by atoms with Gasteiger partial charge >= 0.3 is 6.03 Å². The van der Waals surface area contributed by atoms with E-state index in [0.29, 0.717) is 6.61 Å². The van der Waals surface area contributed by atoms with Crippen molar-refractivity contribution in [3.63, 3.8) is 0 Å². The third-order valence-corrected chi connectivity index (χ3v) is 7.45. The van der Waals surface area contributed by atoms with Crippen molar-refractivity contribution in [3.8, 4) is 5.75 Å². The zero-order chi connectivity index (χ0) is 23.1. The summed E-state index contributed by atoms with van der Waals surface area (Å²) in [5.41, 5.74) is 2.16. The van der Waals surface area contributed by atoms with Crippen LogP contribution >= 0.6 is 11.3 Å². The predicted molar refractivity (Wildman–Crippen MR) is 131 cm³/mol. The van der Waals surface area contributed by atoms with Crippen molar-refractivity contribution in [1.82, 2.24) is 20.2 Å². The van der Waals surface area contributed by atoms with Gasteiger partial charge in [-0.1, -0.05) is 0 Å². The molecule has 5 rings (SSSR count). The molecule has 8 nitrogen and oxygen atoms in total. The molecule has 1 aliphatic carbocycles. The van der Waals surface area contributed by atoms with Gasteiger partial charge in [0, 0.05) is 47.9 Å². The molecule has 9 heteroatoms. The maximum atomic E-state index is 12.5. The molecule has 0 fully saturated rings. The molecule has 33 heavy (non-hydrogen) atoms. The SMILES string of the molecule is CCOc1cc2c(cc1Nc1ncnc3sc4c(c13)CCC(NC(=O)N(C)C(C)C)C4)=CN=2. The number of nitrogens with zero attached hydrogens (tertiary/aromatic N) is 4. The molecule has 1 aliphatic heterocycles. The van der Waals surface area contributed by atoms with E-state index in [2.05, 4.69) is 31.7 Å². The van der Waals surface area contributed by atoms with Crippen LogP contribution in [0.1, 0.15) is 37.6 Å². The van der Waals surface area contributed by atoms with E-state index >= 15 is 0 Å². The molecule has 0 bridgehead atoms. The van der Waals surface area contributed by atoms with Gasteiger partial charge in [0.2, 0.25) is 0 Å². The van der Waals surface area contributed by atoms with E-state index in [1.54, 1.807) is 22.6 Å². The van der Waals surface area contributed by atoms with Crippen molar-refractivity contribution in [2.24, 2.45) is 4.99 Å². The van der Waals surface area contributed by atoms with Crippen LogP contribution in [0.2, 0.25) is 0 Å². The summed E-state index contributed by atoms with van der Waals surface area (Å²) in [6.45, 7) is 6.57. The zero-order valence-corrected chi connectivity index (χ0v) is 20.1. The number of aryl methyl sites for hydroxylation is 1. The van der Waals surface area contributed by atoms with Gasteiger partial charge in [-0.15, -0.1) is 11.3 Å². The fourth-order valence-corrected chi connectivity index (χ4v) is 5.48. The van der Waals surface area contributed by atoms with Gasteiger partial charge in [0.15, 0.2) is 0 Å². The average Bonchev–Trinajstić information content (AvgIpc) is 3.15. The summed E-state index contributed by atoms with van der Waals surface area (Å²) in [6, 6.07) is 4.29. The number of rotatable bonds is 6. The number of aromatic nitrogens is 2. The lowest BCUT2D eigenvalue weighted by molar-refractivity contribution is 0.192. The molecule has 0 saturated carbocycles. The van der Waals surface area contributed by atoms with E-state index in [-0.39, 0.29) is 18.1 Å². The van der Waals surface area contributed by atoms with Gasteiger partial charge in [-0.25, -0.2) is 14.8 Å². The Morgan fingerprint density at radius 1 is 1.33 bits per heavy atom. The summed E-state index contributed by atoms with van der Waals surface area (Å²) in [7, 11) is 1.83. The average molecular weight is 465 g/mol. The fourth-order valence-electron chi connectivity index (χ4n) is 4.21. The first kappa shape index (κ1) is 21.6. The first-order chi connectivity index (χ1) is 15.9. The summed E-state index contributed by atoms with van der Waals surface area (Å²) >= 11 is 1.69. The topological polar surface area (TPSA) is 91.7 Å². The largest absolute Gasteiger partial charge is 0.492 e. The lowest BCUT2D eigenvalue weighted by Gasteiger charge is -2.28. The second-order valence-corrected chi connectivity index (χ2v) is 9.81. The summed E-state index contributed by atoms with van der Waals surface area (Å²) in [4.78, 5) is 29.9. The van der Waals surface area contributed by atoms with Crippen LogP contribution in [0.25, 0.3) is 16.4 Å². The number of thiophene rings is 1. The van der Waals surface area contributed by atoms with Gasteiger partial charge in [0.05, 0.1) is 23.0 Å². The number of carbonyl (C=O) groups is 1. The summed E-state index contributed by atoms with van der Waals surface area (Å²) in [5, 5.41) is 9.80. The lowest BCUT2D eigenvalue weighted by Crippen LogP contribution is -2.47. The Morgan fingerprint density at radius 2 is 2.18 bits per heavy atom. The van der Waals surface area contributed by atoms with Crippen LogP contribution in [0.5, 0.6) is 5.75 Å². The van der Waals surface area contributed by atoms with Gasteiger partial charge in [-0.2, -0.15) is 0 Å². The maximum absolute atomic E-state index is 12.5. The van der Waals surface area contributed by atoms with Crippen molar-refractivity contribution < 1.29 is 9.53 Å². The van der Waals surface area contributed by atoms with Crippen LogP contribution in [0.4, 0.5) is 16.3 Å². The molecule has 0 radical (unpaired) electrons. The van der Waals surface area contributed by atoms with E-state index in [1.807, 2.05) is 40.1 Å². The minimum Gasteiger partial charge on any atom is -0.492 e. The number of nitrogens with one attached hydrogen (secondary N) is 2. The Hall–Kier alpha value is -3.20. The number of ether oxygens (including phenoxy) is 1. The van der Waals surface area contributed by atoms with E-state index in [1.165, 1.54) is 10.4 Å². The lowest BCUT2D eigenvalue weighted by atomic mass is 9.93. The quantitative estimate of drug-likeness (QED) is 0.585. The minimum absolute atomic E-state index is 0.0191. The van der Waals surface area contributed by atoms with Crippen LogP contribution in [-0.2, 0) is 12.8 Å². The number of hydrogen-bond donors (Lipinski definition) is 2. The van der Waals surface area contributed by atoms with Gasteiger partial charge in [-0.3, -0.25) is 4.99 Å². The molecule has 2 aromatic heterocycles. The maximum Gasteiger partial charge on any atom is 0.317 e. The highest BCUT2D eigenvalue weighted by Crippen LogP contribution is 2.39. The fraction of sp³-hybridized carbons (Fsp3) is 0.417. The molecule has 3 heterocycles. The number of amides is 2. The van der Waals surface area contributed by atoms with Crippen LogP contribution in [0.3, 0.4) is 0 Å². The van der Waals surface area contributed by atoms with Crippen LogP contribution in [0, 0.1) is 0 Å². The highest BCUT2D eigenvalue weighted by Gasteiger charge is 2.27. The Labute approximate surface area is 196 Å². The Kier molecular flexibility index (Phi) is 5.65. The van der Waals surface area contributed by atoms with Crippen LogP contribution in [0.15, 0.2) is 23.5 Å². The number of carbonyl (C=O) groups excluding carboxylic acids is 1. The molecule has 3 aromatic rings. The Bertz CT molecular complexity index is 1350. The number of fused-ring (bicyclic) bond motifs is 4. The van der Waals surface area contributed by atoms with Crippen molar-refractivity contribution >= 4 is 45.3 Å². The molecule has 0 saturated heterocycles. The number of anilines is 2. The molecule has 2 amide bonds. The smallest absolute Gasteiger partial charge is 0.317 e. The zero-order valence-electron chi connectivity index (χ0n) is 19.3. The predicted octanol–water partition coefficient (Wildman–Crippen LogP) is 3.11. The highest BCUT2D eigenvalue weighted by molar-refractivity contribution is 7.19. The normalized spacial score (nSPS) is 16.2. The second-order valence-electron chi connectivity index (χ2n) is 8.72. The van der Waals surface area contributed by atoms with E-state index in [4.69, 9.17) is 4.74 Å². The first-order valence-electron chi connectivity index (χ1n) is 11.3. The Balaban J connectivity index is 1.43. The molecule has 172 valence electrons. The summed E-state index contributed by atoms with van der Waals surface area (Å²) in [5.74, 6) is 1.55. The summed E-state index contributed by atoms with van der Waals surface area (Å²) < 4.78 is 5.85. The third-order valence-electron chi connectivity index (χ3n) is 6.29. The van der Waals surface area contributed by atoms with E-state index in [0.717, 1.165) is 57.3 Å². The van der Waals surface area contributed by atoms with Crippen molar-refractivity contribution in [2.45, 2.75) is 52.1 Å².